The summed E-state index contributed by atoms with van der Waals surface area (Å²) in [6.07, 6.45) is 3.86. The van der Waals surface area contributed by atoms with Crippen molar-refractivity contribution in [3.63, 3.8) is 0 Å². The van der Waals surface area contributed by atoms with Gasteiger partial charge in [-0.05, 0) is 80.9 Å². The number of amides is 6. The van der Waals surface area contributed by atoms with Crippen LogP contribution in [0.2, 0.25) is 5.28 Å². The van der Waals surface area contributed by atoms with Gasteiger partial charge in [-0.15, -0.1) is 0 Å². The van der Waals surface area contributed by atoms with Gasteiger partial charge in [-0.25, -0.2) is 24.4 Å². The number of likely N-dealkylation sites (N-methyl/N-ethyl adjacent to an activating group) is 2. The number of hydrogen-bond acceptors (Lipinski definition) is 20. The van der Waals surface area contributed by atoms with E-state index < -0.39 is 16.6 Å². The molecule has 0 atom stereocenters. The molecule has 6 heterocycles. The Bertz CT molecular complexity index is 3590. The third-order valence-electron chi connectivity index (χ3n) is 15.6. The van der Waals surface area contributed by atoms with E-state index in [4.69, 9.17) is 35.3 Å². The topological polar surface area (TPSA) is 271 Å². The molecule has 28 heteroatoms. The van der Waals surface area contributed by atoms with E-state index in [1.165, 1.54) is 21.9 Å². The van der Waals surface area contributed by atoms with Crippen LogP contribution in [0, 0.1) is 10.1 Å². The van der Waals surface area contributed by atoms with Crippen LogP contribution in [0.15, 0.2) is 97.8 Å². The lowest BCUT2D eigenvalue weighted by atomic mass is 10.1. The van der Waals surface area contributed by atoms with E-state index >= 15 is 0 Å². The number of nitrogens with one attached hydrogen (secondary N) is 3. The highest BCUT2D eigenvalue weighted by Crippen LogP contribution is 2.37. The van der Waals surface area contributed by atoms with E-state index in [2.05, 4.69) is 75.9 Å². The summed E-state index contributed by atoms with van der Waals surface area (Å²) in [5, 5.41) is 20.0. The minimum atomic E-state index is -0.700. The van der Waals surface area contributed by atoms with Crippen molar-refractivity contribution in [3.05, 3.63) is 135 Å². The van der Waals surface area contributed by atoms with Crippen molar-refractivity contribution in [1.82, 2.24) is 39.5 Å². The van der Waals surface area contributed by atoms with Crippen LogP contribution >= 0.6 is 11.6 Å². The van der Waals surface area contributed by atoms with Crippen LogP contribution in [0.25, 0.3) is 0 Å². The summed E-state index contributed by atoms with van der Waals surface area (Å²) >= 11 is 5.82. The first-order valence-electron chi connectivity index (χ1n) is 30.0. The number of urea groups is 2. The number of aromatic nitrogens is 4. The van der Waals surface area contributed by atoms with Gasteiger partial charge in [-0.2, -0.15) is 9.97 Å². The van der Waals surface area contributed by atoms with Crippen molar-refractivity contribution >= 4 is 87.4 Å². The predicted octanol–water partition coefficient (Wildman–Crippen LogP) is 9.88. The molecule has 0 unspecified atom stereocenters. The number of anilines is 8. The van der Waals surface area contributed by atoms with Gasteiger partial charge in [0.15, 0.2) is 0 Å². The molecule has 2 saturated heterocycles. The summed E-state index contributed by atoms with van der Waals surface area (Å²) in [5.74, 6) is 3.36. The molecule has 92 heavy (non-hydrogen) atoms. The average Bonchev–Trinajstić information content (AvgIpc) is 0.834. The number of methoxy groups -OCH3 is 4. The average molecular weight is 1290 g/mol. The molecule has 0 radical (unpaired) electrons. The number of rotatable bonds is 18. The van der Waals surface area contributed by atoms with E-state index in [0.29, 0.717) is 76.4 Å². The van der Waals surface area contributed by atoms with Crippen molar-refractivity contribution in [2.75, 3.05) is 144 Å². The molecule has 6 aromatic rings. The fourth-order valence-corrected chi connectivity index (χ4v) is 10.7. The van der Waals surface area contributed by atoms with Gasteiger partial charge in [-0.1, -0.05) is 32.6 Å². The summed E-state index contributed by atoms with van der Waals surface area (Å²) < 4.78 is 26.5. The van der Waals surface area contributed by atoms with E-state index in [0.717, 1.165) is 94.2 Å². The molecule has 4 aliphatic heterocycles. The maximum Gasteiger partial charge on any atom is 0.412 e. The highest BCUT2D eigenvalue weighted by Gasteiger charge is 2.33. The molecule has 0 aliphatic carbocycles. The standard InChI is InChI=1S/C31H38N8O4.C18H28N4O4.C15H15ClN4O3/c1-6-28(40)33-27-14-21(19-38-12-10-37(7-2)11-13-38)8-9-26(27)34-30-32-18-22-20-39(31(41)36(3)29(22)35-30)23-15-24(42-4)17-25(16-23)43-5;1-5-20-8-10-21(11-9-20)13-14-6-7-16(22(24)25)15(12-14)19-17(23)26-18(2,3)4;1-19-13-9(7-17-14(16)18-13)8-20(15(19)21)10-4-11(22-2)6-12(5-10)23-3/h6,8-9,14-18H,1,7,10-13,19-20H2,2-5H3,(H,33,40)(H,32,34,35);6-7,12H,5,8-11,13H2,1-4H3,(H,19,23);4-7H,8H2,1-3H3. The normalized spacial score (nSPS) is 15.3. The van der Waals surface area contributed by atoms with Gasteiger partial charge < -0.3 is 44.1 Å². The van der Waals surface area contributed by atoms with Gasteiger partial charge in [0.2, 0.25) is 17.1 Å². The fraction of sp³-hybridized carbons (Fsp3) is 0.406. The van der Waals surface area contributed by atoms with E-state index in [1.807, 2.05) is 18.2 Å². The highest BCUT2D eigenvalue weighted by molar-refractivity contribution is 6.28. The number of halogens is 1. The van der Waals surface area contributed by atoms with E-state index in [1.54, 1.807) is 134 Å². The monoisotopic (exact) mass is 1280 g/mol. The van der Waals surface area contributed by atoms with Crippen molar-refractivity contribution in [1.29, 1.82) is 0 Å². The molecule has 0 bridgehead atoms. The van der Waals surface area contributed by atoms with E-state index in [-0.39, 0.29) is 41.2 Å². The van der Waals surface area contributed by atoms with Gasteiger partial charge in [0.05, 0.1) is 69.2 Å². The number of hydrogen-bond donors (Lipinski definition) is 3. The minimum Gasteiger partial charge on any atom is -0.497 e. The van der Waals surface area contributed by atoms with Crippen LogP contribution in [0.5, 0.6) is 23.0 Å². The zero-order valence-electron chi connectivity index (χ0n) is 53.9. The number of benzene rings is 4. The fourth-order valence-electron chi connectivity index (χ4n) is 10.6. The second-order valence-corrected chi connectivity index (χ2v) is 23.2. The predicted molar refractivity (Wildman–Crippen MR) is 354 cm³/mol. The number of carbonyl (C=O) groups is 4. The Morgan fingerprint density at radius 3 is 1.52 bits per heavy atom. The molecule has 3 N–H and O–H groups in total. The Hall–Kier alpha value is -9.41. The molecular formula is C64H81ClN16O11. The molecule has 0 spiro atoms. The van der Waals surface area contributed by atoms with Crippen molar-refractivity contribution in [2.24, 2.45) is 0 Å². The van der Waals surface area contributed by atoms with Gasteiger partial charge in [-0.3, -0.25) is 49.6 Å². The smallest absolute Gasteiger partial charge is 0.412 e. The van der Waals surface area contributed by atoms with Gasteiger partial charge in [0.25, 0.3) is 5.69 Å². The number of nitrogens with zero attached hydrogens (tertiary/aromatic N) is 13. The SMILES string of the molecule is C=CC(=O)Nc1cc(CN2CCN(CC)CC2)ccc1Nc1ncc2c(n1)N(C)C(=O)N(c1cc(OC)cc(OC)c1)C2.CCN1CCN(Cc2ccc([N+](=O)[O-])c(NC(=O)OC(C)(C)C)c2)CC1.COc1cc(OC)cc(N2Cc3cnc(Cl)nc3N(C)C2=O)c1. The lowest BCUT2D eigenvalue weighted by molar-refractivity contribution is -0.383. The number of nitro benzene ring substituents is 1. The molecule has 6 amide bonds. The van der Waals surface area contributed by atoms with Crippen molar-refractivity contribution < 1.29 is 47.8 Å². The number of fused-ring (bicyclic) bond motifs is 2. The second-order valence-electron chi connectivity index (χ2n) is 22.9. The van der Waals surface area contributed by atoms with Crippen LogP contribution in [0.3, 0.4) is 0 Å². The minimum absolute atomic E-state index is 0.111. The third kappa shape index (κ3) is 17.7. The summed E-state index contributed by atoms with van der Waals surface area (Å²) in [5.41, 5.74) is 5.45. The maximum absolute atomic E-state index is 13.4. The number of ether oxygens (including phenoxy) is 5. The van der Waals surface area contributed by atoms with Crippen molar-refractivity contribution in [2.45, 2.75) is 66.4 Å². The molecule has 2 fully saturated rings. The first-order chi connectivity index (χ1) is 44.0. The quantitative estimate of drug-likeness (QED) is 0.0312. The van der Waals surface area contributed by atoms with Crippen molar-refractivity contribution in [3.8, 4) is 23.0 Å². The van der Waals surface area contributed by atoms with Crippen LogP contribution in [-0.4, -0.2) is 182 Å². The van der Waals surface area contributed by atoms with Crippen LogP contribution in [0.1, 0.15) is 56.9 Å². The second kappa shape index (κ2) is 31.1. The van der Waals surface area contributed by atoms with E-state index in [9.17, 15) is 29.3 Å². The Balaban J connectivity index is 0.000000190. The number of piperazine rings is 2. The molecule has 10 rings (SSSR count). The van der Waals surface area contributed by atoms with Crippen LogP contribution < -0.4 is 54.5 Å². The van der Waals surface area contributed by atoms with Gasteiger partial charge in [0, 0.05) is 146 Å². The zero-order valence-corrected chi connectivity index (χ0v) is 54.7. The summed E-state index contributed by atoms with van der Waals surface area (Å²) in [7, 11) is 9.58. The Morgan fingerprint density at radius 2 is 1.08 bits per heavy atom. The molecule has 0 saturated carbocycles. The lowest BCUT2D eigenvalue weighted by Gasteiger charge is -2.34. The van der Waals surface area contributed by atoms with Gasteiger partial charge in [0.1, 0.15) is 45.9 Å². The number of carbonyl (C=O) groups excluding carboxylic acids is 4. The first kappa shape index (κ1) is 68.5. The zero-order chi connectivity index (χ0) is 66.4. The summed E-state index contributed by atoms with van der Waals surface area (Å²) in [6.45, 7) is 25.4. The lowest BCUT2D eigenvalue weighted by Crippen LogP contribution is -2.46. The molecule has 2 aromatic heterocycles. The number of nitro groups is 1. The highest BCUT2D eigenvalue weighted by atomic mass is 35.5. The summed E-state index contributed by atoms with van der Waals surface area (Å²) in [4.78, 5) is 94.2. The Morgan fingerprint density at radius 1 is 0.630 bits per heavy atom. The molecule has 27 nitrogen and oxygen atoms in total. The van der Waals surface area contributed by atoms with Crippen LogP contribution in [0.4, 0.5) is 66.1 Å². The first-order valence-corrected chi connectivity index (χ1v) is 30.3. The molecule has 4 aliphatic rings. The largest absolute Gasteiger partial charge is 0.497 e. The molecule has 490 valence electrons. The maximum atomic E-state index is 13.4. The van der Waals surface area contributed by atoms with Crippen LogP contribution in [-0.2, 0) is 35.7 Å². The molecular weight excluding hydrogens is 1200 g/mol. The molecule has 4 aromatic carbocycles. The summed E-state index contributed by atoms with van der Waals surface area (Å²) in [6, 6.07) is 20.9. The Kier molecular flexibility index (Phi) is 23.1. The Labute approximate surface area is 540 Å². The third-order valence-corrected chi connectivity index (χ3v) is 15.8. The van der Waals surface area contributed by atoms with Gasteiger partial charge >= 0.3 is 18.2 Å².